The number of nitrogens with one attached hydrogen (secondary N) is 1. The Bertz CT molecular complexity index is 316. The van der Waals surface area contributed by atoms with E-state index >= 15 is 0 Å². The van der Waals surface area contributed by atoms with E-state index in [1.807, 2.05) is 12.1 Å². The zero-order valence-corrected chi connectivity index (χ0v) is 14.0. The smallest absolute Gasteiger partial charge is 0.421 e. The van der Waals surface area contributed by atoms with Gasteiger partial charge in [-0.05, 0) is 42.9 Å². The molecule has 4 heteroatoms. The van der Waals surface area contributed by atoms with Crippen molar-refractivity contribution in [2.45, 2.75) is 66.3 Å². The van der Waals surface area contributed by atoms with Gasteiger partial charge in [0.05, 0.1) is 6.61 Å². The minimum Gasteiger partial charge on any atom is -0.449 e. The van der Waals surface area contributed by atoms with Crippen molar-refractivity contribution < 1.29 is 9.53 Å². The third-order valence-corrected chi connectivity index (χ3v) is 4.11. The van der Waals surface area contributed by atoms with Crippen LogP contribution in [0.5, 0.6) is 0 Å². The number of rotatable bonds is 5. The second-order valence-electron chi connectivity index (χ2n) is 7.61. The summed E-state index contributed by atoms with van der Waals surface area (Å²) in [4.78, 5) is 11.7. The van der Waals surface area contributed by atoms with Gasteiger partial charge in [-0.25, -0.2) is 9.80 Å². The van der Waals surface area contributed by atoms with E-state index in [0.717, 1.165) is 19.3 Å². The highest BCUT2D eigenvalue weighted by atomic mass is 16.6. The third kappa shape index (κ3) is 6.12. The molecule has 20 heavy (non-hydrogen) atoms. The Morgan fingerprint density at radius 3 is 2.60 bits per heavy atom. The summed E-state index contributed by atoms with van der Waals surface area (Å²) in [6.45, 7) is 11.7. The summed E-state index contributed by atoms with van der Waals surface area (Å²) in [6.07, 6.45) is 4.08. The highest BCUT2D eigenvalue weighted by Gasteiger charge is 2.34. The number of ether oxygens (including phenoxy) is 1. The Kier molecular flexibility index (Phi) is 6.31. The van der Waals surface area contributed by atoms with Crippen LogP contribution in [0, 0.1) is 17.3 Å². The van der Waals surface area contributed by atoms with E-state index in [-0.39, 0.29) is 6.09 Å². The molecule has 1 saturated carbocycles. The third-order valence-electron chi connectivity index (χ3n) is 4.11. The van der Waals surface area contributed by atoms with Gasteiger partial charge in [-0.1, -0.05) is 34.6 Å². The zero-order valence-electron chi connectivity index (χ0n) is 14.0. The van der Waals surface area contributed by atoms with Gasteiger partial charge in [0, 0.05) is 13.1 Å². The molecule has 4 nitrogen and oxygen atoms in total. The van der Waals surface area contributed by atoms with E-state index in [9.17, 15) is 4.79 Å². The summed E-state index contributed by atoms with van der Waals surface area (Å²) >= 11 is 0. The minimum absolute atomic E-state index is 0.329. The lowest BCUT2D eigenvalue weighted by Gasteiger charge is -2.42. The summed E-state index contributed by atoms with van der Waals surface area (Å²) in [5.74, 6) is 1.26. The fourth-order valence-electron chi connectivity index (χ4n) is 3.25. The van der Waals surface area contributed by atoms with Crippen molar-refractivity contribution in [1.82, 2.24) is 10.4 Å². The molecule has 0 aromatic heterocycles. The fourth-order valence-corrected chi connectivity index (χ4v) is 3.25. The van der Waals surface area contributed by atoms with Crippen LogP contribution in [0.1, 0.15) is 60.3 Å². The average Bonchev–Trinajstić information content (AvgIpc) is 2.25. The van der Waals surface area contributed by atoms with Crippen molar-refractivity contribution in [2.75, 3.05) is 13.7 Å². The Hall–Kier alpha value is -0.770. The first kappa shape index (κ1) is 17.3. The summed E-state index contributed by atoms with van der Waals surface area (Å²) in [7, 11) is 1.95. The molecular weight excluding hydrogens is 252 g/mol. The van der Waals surface area contributed by atoms with Crippen molar-refractivity contribution in [2.24, 2.45) is 17.3 Å². The molecular formula is C16H32N2O2. The maximum absolute atomic E-state index is 11.7. The van der Waals surface area contributed by atoms with E-state index < -0.39 is 0 Å². The first-order valence-electron chi connectivity index (χ1n) is 7.86. The predicted molar refractivity (Wildman–Crippen MR) is 82.3 cm³/mol. The van der Waals surface area contributed by atoms with E-state index in [1.54, 1.807) is 0 Å². The Morgan fingerprint density at radius 1 is 1.40 bits per heavy atom. The van der Waals surface area contributed by atoms with Gasteiger partial charge in [0.25, 0.3) is 0 Å². The lowest BCUT2D eigenvalue weighted by atomic mass is 9.70. The first-order chi connectivity index (χ1) is 9.19. The Labute approximate surface area is 124 Å². The summed E-state index contributed by atoms with van der Waals surface area (Å²) < 4.78 is 5.20. The molecule has 1 aliphatic carbocycles. The summed E-state index contributed by atoms with van der Waals surface area (Å²) in [5.41, 5.74) is 3.20. The molecule has 1 amide bonds. The molecule has 1 aliphatic rings. The number of carbonyl (C=O) groups is 1. The SMILES string of the molecule is CC(C)CCOC(=O)NN(C)C1CC(C)CC(C)(C)C1. The second kappa shape index (κ2) is 7.30. The van der Waals surface area contributed by atoms with E-state index in [1.165, 1.54) is 6.42 Å². The molecule has 0 bridgehead atoms. The normalized spacial score (nSPS) is 25.8. The lowest BCUT2D eigenvalue weighted by Crippen LogP contribution is -2.50. The summed E-state index contributed by atoms with van der Waals surface area (Å²) in [6, 6.07) is 0.395. The standard InChI is InChI=1S/C16H32N2O2/c1-12(2)7-8-20-15(19)17-18(6)14-9-13(3)10-16(4,5)11-14/h12-14H,7-11H2,1-6H3,(H,17,19). The number of carbonyl (C=O) groups excluding carboxylic acids is 1. The van der Waals surface area contributed by atoms with Gasteiger partial charge in [0.2, 0.25) is 0 Å². The van der Waals surface area contributed by atoms with Crippen LogP contribution < -0.4 is 5.43 Å². The second-order valence-corrected chi connectivity index (χ2v) is 7.61. The van der Waals surface area contributed by atoms with Crippen molar-refractivity contribution in [3.8, 4) is 0 Å². The molecule has 2 atom stereocenters. The molecule has 1 fully saturated rings. The monoisotopic (exact) mass is 284 g/mol. The van der Waals surface area contributed by atoms with Crippen LogP contribution in [0.4, 0.5) is 4.79 Å². The molecule has 0 heterocycles. The molecule has 0 spiro atoms. The maximum atomic E-state index is 11.7. The molecule has 1 N–H and O–H groups in total. The topological polar surface area (TPSA) is 41.6 Å². The molecule has 1 rings (SSSR count). The van der Waals surface area contributed by atoms with E-state index in [2.05, 4.69) is 40.0 Å². The molecule has 118 valence electrons. The van der Waals surface area contributed by atoms with Crippen molar-refractivity contribution in [3.63, 3.8) is 0 Å². The van der Waals surface area contributed by atoms with Crippen LogP contribution in [0.3, 0.4) is 0 Å². The molecule has 0 radical (unpaired) electrons. The van der Waals surface area contributed by atoms with Gasteiger partial charge in [-0.3, -0.25) is 5.43 Å². The van der Waals surface area contributed by atoms with Gasteiger partial charge in [-0.2, -0.15) is 0 Å². The number of hydrogen-bond donors (Lipinski definition) is 1. The van der Waals surface area contributed by atoms with Gasteiger partial charge in [0.15, 0.2) is 0 Å². The highest BCUT2D eigenvalue weighted by molar-refractivity contribution is 5.66. The lowest BCUT2D eigenvalue weighted by molar-refractivity contribution is 0.0427. The van der Waals surface area contributed by atoms with Crippen LogP contribution in [0.15, 0.2) is 0 Å². The molecule has 2 unspecified atom stereocenters. The highest BCUT2D eigenvalue weighted by Crippen LogP contribution is 2.39. The first-order valence-corrected chi connectivity index (χ1v) is 7.86. The zero-order chi connectivity index (χ0) is 15.3. The quantitative estimate of drug-likeness (QED) is 0.780. The molecule has 0 aromatic rings. The van der Waals surface area contributed by atoms with E-state index in [4.69, 9.17) is 4.74 Å². The molecule has 0 aliphatic heterocycles. The minimum atomic E-state index is -0.329. The number of hydrazine groups is 1. The Morgan fingerprint density at radius 2 is 2.05 bits per heavy atom. The van der Waals surface area contributed by atoms with Gasteiger partial charge < -0.3 is 4.74 Å². The van der Waals surface area contributed by atoms with Crippen LogP contribution in [-0.4, -0.2) is 30.8 Å². The van der Waals surface area contributed by atoms with Crippen molar-refractivity contribution >= 4 is 6.09 Å². The van der Waals surface area contributed by atoms with Crippen LogP contribution in [0.25, 0.3) is 0 Å². The maximum Gasteiger partial charge on any atom is 0.421 e. The van der Waals surface area contributed by atoms with Crippen LogP contribution >= 0.6 is 0 Å². The Balaban J connectivity index is 2.37. The van der Waals surface area contributed by atoms with Crippen molar-refractivity contribution in [1.29, 1.82) is 0 Å². The fraction of sp³-hybridized carbons (Fsp3) is 0.938. The average molecular weight is 284 g/mol. The molecule has 0 saturated heterocycles. The summed E-state index contributed by atoms with van der Waals surface area (Å²) in [5, 5.41) is 1.94. The van der Waals surface area contributed by atoms with Crippen LogP contribution in [-0.2, 0) is 4.74 Å². The van der Waals surface area contributed by atoms with Crippen LogP contribution in [0.2, 0.25) is 0 Å². The van der Waals surface area contributed by atoms with E-state index in [0.29, 0.717) is 29.9 Å². The number of amides is 1. The number of nitrogens with zero attached hydrogens (tertiary/aromatic N) is 1. The van der Waals surface area contributed by atoms with Gasteiger partial charge in [-0.15, -0.1) is 0 Å². The predicted octanol–water partition coefficient (Wildman–Crippen LogP) is 3.82. The van der Waals surface area contributed by atoms with Gasteiger partial charge in [0.1, 0.15) is 0 Å². The largest absolute Gasteiger partial charge is 0.449 e. The number of hydrogen-bond acceptors (Lipinski definition) is 3. The molecule has 0 aromatic carbocycles. The van der Waals surface area contributed by atoms with Gasteiger partial charge >= 0.3 is 6.09 Å². The van der Waals surface area contributed by atoms with Crippen molar-refractivity contribution in [3.05, 3.63) is 0 Å².